The maximum Gasteiger partial charge on any atom is 0.264 e. The fourth-order valence-electron chi connectivity index (χ4n) is 3.73. The lowest BCUT2D eigenvalue weighted by Crippen LogP contribution is -2.42. The SMILES string of the molecule is CC1=CC(C)(C)N(C)c2cc(C)c(/C=C3/SC(=Nc4ccc(F)cc4)NC3=O)cc21. The van der Waals surface area contributed by atoms with Crippen LogP contribution >= 0.6 is 11.8 Å². The highest BCUT2D eigenvalue weighted by atomic mass is 32.2. The molecule has 2 aliphatic heterocycles. The molecule has 0 unspecified atom stereocenters. The van der Waals surface area contributed by atoms with E-state index in [2.05, 4.69) is 68.2 Å². The van der Waals surface area contributed by atoms with Gasteiger partial charge in [-0.1, -0.05) is 6.08 Å². The second kappa shape index (κ2) is 7.43. The van der Waals surface area contributed by atoms with Crippen molar-refractivity contribution in [3.05, 3.63) is 69.9 Å². The molecule has 6 heteroatoms. The number of allylic oxidation sites excluding steroid dienone is 1. The lowest BCUT2D eigenvalue weighted by Gasteiger charge is -2.41. The Balaban J connectivity index is 1.66. The molecule has 154 valence electrons. The van der Waals surface area contributed by atoms with Crippen LogP contribution in [0.25, 0.3) is 11.6 Å². The summed E-state index contributed by atoms with van der Waals surface area (Å²) < 4.78 is 13.1. The number of aryl methyl sites for hydroxylation is 1. The van der Waals surface area contributed by atoms with E-state index in [-0.39, 0.29) is 17.3 Å². The van der Waals surface area contributed by atoms with Crippen LogP contribution in [-0.4, -0.2) is 23.7 Å². The number of amides is 1. The van der Waals surface area contributed by atoms with Crippen LogP contribution < -0.4 is 10.2 Å². The number of aliphatic imine (C=N–C) groups is 1. The first kappa shape index (κ1) is 20.4. The maximum absolute atomic E-state index is 13.1. The standard InChI is InChI=1S/C24H24FN3OS/c1-14-10-20-19(15(2)13-24(3,4)28(20)5)11-16(14)12-21-22(29)27-23(30-21)26-18-8-6-17(25)7-9-18/h6-13H,1-5H3,(H,26,27,29)/b21-12+. The molecule has 30 heavy (non-hydrogen) atoms. The Morgan fingerprint density at radius 1 is 1.17 bits per heavy atom. The van der Waals surface area contributed by atoms with E-state index in [1.54, 1.807) is 12.1 Å². The van der Waals surface area contributed by atoms with Gasteiger partial charge in [-0.05, 0) is 98.6 Å². The van der Waals surface area contributed by atoms with Gasteiger partial charge in [-0.3, -0.25) is 4.79 Å². The third kappa shape index (κ3) is 3.79. The fourth-order valence-corrected chi connectivity index (χ4v) is 4.56. The zero-order valence-electron chi connectivity index (χ0n) is 17.7. The molecule has 1 N–H and O–H groups in total. The van der Waals surface area contributed by atoms with E-state index in [4.69, 9.17) is 0 Å². The lowest BCUT2D eigenvalue weighted by atomic mass is 9.87. The van der Waals surface area contributed by atoms with E-state index in [0.717, 1.165) is 11.1 Å². The minimum atomic E-state index is -0.316. The molecule has 0 spiro atoms. The molecule has 2 heterocycles. The number of carbonyl (C=O) groups excluding carboxylic acids is 1. The number of nitrogens with zero attached hydrogens (tertiary/aromatic N) is 2. The van der Waals surface area contributed by atoms with Gasteiger partial charge < -0.3 is 10.2 Å². The zero-order valence-corrected chi connectivity index (χ0v) is 18.5. The van der Waals surface area contributed by atoms with Crippen molar-refractivity contribution in [2.24, 2.45) is 4.99 Å². The van der Waals surface area contributed by atoms with Crippen LogP contribution in [0.3, 0.4) is 0 Å². The number of rotatable bonds is 2. The fraction of sp³-hybridized carbons (Fsp3) is 0.250. The van der Waals surface area contributed by atoms with Gasteiger partial charge >= 0.3 is 0 Å². The van der Waals surface area contributed by atoms with Gasteiger partial charge in [0.1, 0.15) is 5.82 Å². The molecule has 4 nitrogen and oxygen atoms in total. The summed E-state index contributed by atoms with van der Waals surface area (Å²) >= 11 is 1.29. The number of benzene rings is 2. The molecule has 2 aromatic rings. The molecule has 4 rings (SSSR count). The second-order valence-electron chi connectivity index (χ2n) is 8.22. The number of hydrogen-bond acceptors (Lipinski definition) is 4. The minimum absolute atomic E-state index is 0.0452. The van der Waals surface area contributed by atoms with Crippen LogP contribution in [0.1, 0.15) is 37.5 Å². The molecule has 2 aromatic carbocycles. The molecule has 1 amide bonds. The van der Waals surface area contributed by atoms with E-state index >= 15 is 0 Å². The minimum Gasteiger partial charge on any atom is -0.365 e. The molecule has 2 aliphatic rings. The molecular formula is C24H24FN3OS. The molecule has 0 aromatic heterocycles. The van der Waals surface area contributed by atoms with E-state index in [9.17, 15) is 9.18 Å². The van der Waals surface area contributed by atoms with Gasteiger partial charge in [0.2, 0.25) is 0 Å². The van der Waals surface area contributed by atoms with Gasteiger partial charge in [0.25, 0.3) is 5.91 Å². The summed E-state index contributed by atoms with van der Waals surface area (Å²) in [5.74, 6) is -0.493. The van der Waals surface area contributed by atoms with Crippen LogP contribution in [0.15, 0.2) is 52.4 Å². The van der Waals surface area contributed by atoms with Gasteiger partial charge in [-0.2, -0.15) is 0 Å². The smallest absolute Gasteiger partial charge is 0.264 e. The van der Waals surface area contributed by atoms with Gasteiger partial charge in [-0.25, -0.2) is 9.38 Å². The monoisotopic (exact) mass is 421 g/mol. The summed E-state index contributed by atoms with van der Waals surface area (Å²) in [6.45, 7) is 8.59. The number of hydrogen-bond donors (Lipinski definition) is 1. The number of thioether (sulfide) groups is 1. The summed E-state index contributed by atoms with van der Waals surface area (Å²) in [5.41, 5.74) is 6.27. The molecule has 0 atom stereocenters. The Labute approximate surface area is 180 Å². The molecular weight excluding hydrogens is 397 g/mol. The molecule has 1 saturated heterocycles. The van der Waals surface area contributed by atoms with E-state index in [1.807, 2.05) is 6.08 Å². The summed E-state index contributed by atoms with van der Waals surface area (Å²) in [5, 5.41) is 3.28. The third-order valence-electron chi connectivity index (χ3n) is 5.60. The molecule has 0 bridgehead atoms. The summed E-state index contributed by atoms with van der Waals surface area (Å²) in [4.78, 5) is 19.7. The quantitative estimate of drug-likeness (QED) is 0.637. The average molecular weight is 422 g/mol. The van der Waals surface area contributed by atoms with Gasteiger partial charge in [0.05, 0.1) is 16.1 Å². The molecule has 1 fully saturated rings. The van der Waals surface area contributed by atoms with Crippen molar-refractivity contribution in [3.8, 4) is 0 Å². The lowest BCUT2D eigenvalue weighted by molar-refractivity contribution is -0.115. The van der Waals surface area contributed by atoms with Crippen LogP contribution in [-0.2, 0) is 4.79 Å². The Kier molecular flexibility index (Phi) is 5.06. The van der Waals surface area contributed by atoms with Gasteiger partial charge in [-0.15, -0.1) is 0 Å². The van der Waals surface area contributed by atoms with E-state index in [1.165, 1.54) is 40.7 Å². The van der Waals surface area contributed by atoms with Crippen molar-refractivity contribution in [1.29, 1.82) is 0 Å². The number of carbonyl (C=O) groups is 1. The summed E-state index contributed by atoms with van der Waals surface area (Å²) in [7, 11) is 2.11. The molecule has 0 saturated carbocycles. The zero-order chi connectivity index (χ0) is 21.6. The highest BCUT2D eigenvalue weighted by Crippen LogP contribution is 2.40. The van der Waals surface area contributed by atoms with Crippen molar-refractivity contribution in [1.82, 2.24) is 5.32 Å². The highest BCUT2D eigenvalue weighted by molar-refractivity contribution is 8.18. The van der Waals surface area contributed by atoms with Crippen molar-refractivity contribution in [2.75, 3.05) is 11.9 Å². The van der Waals surface area contributed by atoms with Crippen LogP contribution in [0.5, 0.6) is 0 Å². The van der Waals surface area contributed by atoms with Crippen LogP contribution in [0.2, 0.25) is 0 Å². The predicted molar refractivity (Wildman–Crippen MR) is 125 cm³/mol. The van der Waals surface area contributed by atoms with Gasteiger partial charge in [0, 0.05) is 18.3 Å². The number of halogens is 1. The van der Waals surface area contributed by atoms with E-state index in [0.29, 0.717) is 15.8 Å². The number of likely N-dealkylation sites (N-methyl/N-ethyl adjacent to an activating group) is 1. The third-order valence-corrected chi connectivity index (χ3v) is 6.51. The average Bonchev–Trinajstić information content (AvgIpc) is 3.01. The topological polar surface area (TPSA) is 44.7 Å². The number of nitrogens with one attached hydrogen (secondary N) is 1. The first-order chi connectivity index (χ1) is 14.1. The summed E-state index contributed by atoms with van der Waals surface area (Å²) in [6, 6.07) is 10.2. The Morgan fingerprint density at radius 2 is 1.87 bits per heavy atom. The Bertz CT molecular complexity index is 1130. The van der Waals surface area contributed by atoms with Crippen molar-refractivity contribution < 1.29 is 9.18 Å². The van der Waals surface area contributed by atoms with E-state index < -0.39 is 0 Å². The Morgan fingerprint density at radius 3 is 2.57 bits per heavy atom. The largest absolute Gasteiger partial charge is 0.365 e. The molecule has 0 aliphatic carbocycles. The van der Waals surface area contributed by atoms with Crippen LogP contribution in [0, 0.1) is 12.7 Å². The van der Waals surface area contributed by atoms with Gasteiger partial charge in [0.15, 0.2) is 5.17 Å². The predicted octanol–water partition coefficient (Wildman–Crippen LogP) is 5.66. The van der Waals surface area contributed by atoms with Crippen molar-refractivity contribution >= 4 is 45.9 Å². The summed E-state index contributed by atoms with van der Waals surface area (Å²) in [6.07, 6.45) is 4.18. The number of anilines is 1. The van der Waals surface area contributed by atoms with Crippen LogP contribution in [0.4, 0.5) is 15.8 Å². The second-order valence-corrected chi connectivity index (χ2v) is 9.25. The normalized spacial score (nSPS) is 20.4. The first-order valence-corrected chi connectivity index (χ1v) is 10.6. The highest BCUT2D eigenvalue weighted by Gasteiger charge is 2.29. The maximum atomic E-state index is 13.1. The first-order valence-electron chi connectivity index (χ1n) is 9.77. The molecule has 0 radical (unpaired) electrons. The Hall–Kier alpha value is -2.86. The number of amidine groups is 1. The number of fused-ring (bicyclic) bond motifs is 1. The van der Waals surface area contributed by atoms with Crippen molar-refractivity contribution in [3.63, 3.8) is 0 Å². The van der Waals surface area contributed by atoms with Crippen molar-refractivity contribution in [2.45, 2.75) is 33.2 Å².